The van der Waals surface area contributed by atoms with Crippen molar-refractivity contribution in [3.05, 3.63) is 47.0 Å². The lowest BCUT2D eigenvalue weighted by Crippen LogP contribution is -2.42. The number of nitriles is 1. The van der Waals surface area contributed by atoms with Crippen LogP contribution in [0, 0.1) is 16.7 Å². The zero-order valence-electron chi connectivity index (χ0n) is 15.0. The Labute approximate surface area is 144 Å². The summed E-state index contributed by atoms with van der Waals surface area (Å²) in [6.07, 6.45) is 2.62. The molecule has 2 aliphatic heterocycles. The Bertz CT molecular complexity index is 668. The van der Waals surface area contributed by atoms with Gasteiger partial charge in [0, 0.05) is 12.0 Å². The lowest BCUT2D eigenvalue weighted by molar-refractivity contribution is -0.129. The Kier molecular flexibility index (Phi) is 5.80. The molecule has 1 amide bonds. The SMILES string of the molecule is CC.CC1c2ccccc2CCN1C(=O)/C(C#N)=C/C1(C)COC1. The lowest BCUT2D eigenvalue weighted by atomic mass is 9.86. The van der Waals surface area contributed by atoms with Crippen LogP contribution in [-0.4, -0.2) is 30.6 Å². The smallest absolute Gasteiger partial charge is 0.264 e. The van der Waals surface area contributed by atoms with Gasteiger partial charge < -0.3 is 9.64 Å². The van der Waals surface area contributed by atoms with Crippen molar-refractivity contribution in [2.75, 3.05) is 19.8 Å². The second kappa shape index (κ2) is 7.63. The Balaban J connectivity index is 0.00000100. The molecule has 2 aliphatic rings. The average molecular weight is 326 g/mol. The second-order valence-electron chi connectivity index (χ2n) is 6.44. The standard InChI is InChI=1S/C18H20N2O2.C2H6/c1-13-16-6-4-3-5-14(16)7-8-20(13)17(21)15(10-19)9-18(2)11-22-12-18;1-2/h3-6,9,13H,7-8,11-12H2,1-2H3;1-2H3/b15-9+;. The normalized spacial score (nSPS) is 21.5. The highest BCUT2D eigenvalue weighted by atomic mass is 16.5. The van der Waals surface area contributed by atoms with Gasteiger partial charge in [0.05, 0.1) is 19.3 Å². The fraction of sp³-hybridized carbons (Fsp3) is 0.500. The van der Waals surface area contributed by atoms with Gasteiger partial charge >= 0.3 is 0 Å². The first kappa shape index (κ1) is 18.2. The van der Waals surface area contributed by atoms with Gasteiger partial charge in [-0.3, -0.25) is 4.79 Å². The van der Waals surface area contributed by atoms with Crippen molar-refractivity contribution in [2.45, 2.75) is 40.2 Å². The number of hydrogen-bond acceptors (Lipinski definition) is 3. The molecule has 2 heterocycles. The van der Waals surface area contributed by atoms with Crippen LogP contribution in [0.4, 0.5) is 0 Å². The van der Waals surface area contributed by atoms with E-state index in [0.717, 1.165) is 6.42 Å². The highest BCUT2D eigenvalue weighted by Crippen LogP contribution is 2.33. The minimum Gasteiger partial charge on any atom is -0.379 e. The number of ether oxygens (including phenoxy) is 1. The van der Waals surface area contributed by atoms with Gasteiger partial charge in [-0.05, 0) is 24.5 Å². The topological polar surface area (TPSA) is 53.3 Å². The second-order valence-corrected chi connectivity index (χ2v) is 6.44. The predicted molar refractivity (Wildman–Crippen MR) is 94.2 cm³/mol. The lowest BCUT2D eigenvalue weighted by Gasteiger charge is -2.37. The largest absolute Gasteiger partial charge is 0.379 e. The molecule has 1 unspecified atom stereocenters. The van der Waals surface area contributed by atoms with E-state index in [2.05, 4.69) is 18.2 Å². The van der Waals surface area contributed by atoms with Gasteiger partial charge in [0.25, 0.3) is 5.91 Å². The van der Waals surface area contributed by atoms with Crippen LogP contribution in [0.25, 0.3) is 0 Å². The van der Waals surface area contributed by atoms with Gasteiger partial charge in [0.1, 0.15) is 11.6 Å². The summed E-state index contributed by atoms with van der Waals surface area (Å²) < 4.78 is 5.20. The van der Waals surface area contributed by atoms with Crippen LogP contribution in [0.5, 0.6) is 0 Å². The van der Waals surface area contributed by atoms with Gasteiger partial charge in [-0.1, -0.05) is 51.1 Å². The number of amides is 1. The first-order chi connectivity index (χ1) is 11.5. The third-order valence-electron chi connectivity index (χ3n) is 4.56. The van der Waals surface area contributed by atoms with E-state index in [1.165, 1.54) is 11.1 Å². The van der Waals surface area contributed by atoms with E-state index >= 15 is 0 Å². The van der Waals surface area contributed by atoms with E-state index in [0.29, 0.717) is 19.8 Å². The third kappa shape index (κ3) is 3.52. The van der Waals surface area contributed by atoms with Crippen LogP contribution in [0.2, 0.25) is 0 Å². The van der Waals surface area contributed by atoms with Crippen molar-refractivity contribution in [2.24, 2.45) is 5.41 Å². The maximum atomic E-state index is 12.8. The predicted octanol–water partition coefficient (Wildman–Crippen LogP) is 3.64. The Hall–Kier alpha value is -2.12. The summed E-state index contributed by atoms with van der Waals surface area (Å²) in [5.74, 6) is -0.169. The van der Waals surface area contributed by atoms with Gasteiger partial charge in [-0.15, -0.1) is 0 Å². The molecular weight excluding hydrogens is 300 g/mol. The van der Waals surface area contributed by atoms with E-state index in [1.54, 1.807) is 11.0 Å². The van der Waals surface area contributed by atoms with Crippen molar-refractivity contribution in [1.82, 2.24) is 4.90 Å². The van der Waals surface area contributed by atoms with E-state index in [1.807, 2.05) is 39.8 Å². The molecule has 24 heavy (non-hydrogen) atoms. The van der Waals surface area contributed by atoms with E-state index in [9.17, 15) is 10.1 Å². The van der Waals surface area contributed by atoms with Crippen molar-refractivity contribution in [3.8, 4) is 6.07 Å². The fourth-order valence-electron chi connectivity index (χ4n) is 3.20. The average Bonchev–Trinajstić information content (AvgIpc) is 2.60. The quantitative estimate of drug-likeness (QED) is 0.616. The number of rotatable bonds is 2. The molecule has 0 spiro atoms. The number of hydrogen-bond donors (Lipinski definition) is 0. The molecule has 0 radical (unpaired) electrons. The number of carbonyl (C=O) groups is 1. The highest BCUT2D eigenvalue weighted by Gasteiger charge is 2.35. The summed E-state index contributed by atoms with van der Waals surface area (Å²) in [6, 6.07) is 10.3. The van der Waals surface area contributed by atoms with E-state index in [-0.39, 0.29) is 22.9 Å². The minimum absolute atomic E-state index is 0.000327. The molecular formula is C20H26N2O2. The van der Waals surface area contributed by atoms with Crippen LogP contribution in [0.3, 0.4) is 0 Å². The molecule has 0 bridgehead atoms. The zero-order valence-corrected chi connectivity index (χ0v) is 15.0. The Morgan fingerprint density at radius 1 is 1.38 bits per heavy atom. The van der Waals surface area contributed by atoms with Crippen molar-refractivity contribution in [1.29, 1.82) is 5.26 Å². The van der Waals surface area contributed by atoms with Gasteiger partial charge in [-0.25, -0.2) is 0 Å². The van der Waals surface area contributed by atoms with Crippen LogP contribution in [0.15, 0.2) is 35.9 Å². The number of benzene rings is 1. The number of nitrogens with zero attached hydrogens (tertiary/aromatic N) is 2. The Morgan fingerprint density at radius 2 is 2.04 bits per heavy atom. The maximum absolute atomic E-state index is 12.8. The molecule has 1 atom stereocenters. The number of fused-ring (bicyclic) bond motifs is 1. The minimum atomic E-state index is -0.183. The highest BCUT2D eigenvalue weighted by molar-refractivity contribution is 5.97. The summed E-state index contributed by atoms with van der Waals surface area (Å²) in [4.78, 5) is 14.6. The first-order valence-electron chi connectivity index (χ1n) is 8.63. The van der Waals surface area contributed by atoms with E-state index < -0.39 is 0 Å². The molecule has 4 nitrogen and oxygen atoms in total. The number of carbonyl (C=O) groups excluding carboxylic acids is 1. The van der Waals surface area contributed by atoms with Crippen LogP contribution < -0.4 is 0 Å². The molecule has 128 valence electrons. The van der Waals surface area contributed by atoms with Gasteiger partial charge in [0.2, 0.25) is 0 Å². The van der Waals surface area contributed by atoms with Crippen LogP contribution in [0.1, 0.15) is 44.9 Å². The molecule has 3 rings (SSSR count). The zero-order chi connectivity index (χ0) is 17.7. The fourth-order valence-corrected chi connectivity index (χ4v) is 3.20. The first-order valence-corrected chi connectivity index (χ1v) is 8.63. The maximum Gasteiger partial charge on any atom is 0.264 e. The van der Waals surface area contributed by atoms with Gasteiger partial charge in [-0.2, -0.15) is 5.26 Å². The summed E-state index contributed by atoms with van der Waals surface area (Å²) in [6.45, 7) is 9.84. The molecule has 0 aliphatic carbocycles. The van der Waals surface area contributed by atoms with Gasteiger partial charge in [0.15, 0.2) is 0 Å². The molecule has 1 saturated heterocycles. The van der Waals surface area contributed by atoms with E-state index in [4.69, 9.17) is 4.74 Å². The summed E-state index contributed by atoms with van der Waals surface area (Å²) in [5, 5.41) is 9.38. The molecule has 1 aromatic carbocycles. The summed E-state index contributed by atoms with van der Waals surface area (Å²) >= 11 is 0. The molecule has 0 aromatic heterocycles. The molecule has 4 heteroatoms. The molecule has 0 N–H and O–H groups in total. The molecule has 1 aromatic rings. The Morgan fingerprint density at radius 3 is 2.62 bits per heavy atom. The van der Waals surface area contributed by atoms with Crippen molar-refractivity contribution >= 4 is 5.91 Å². The van der Waals surface area contributed by atoms with Crippen molar-refractivity contribution < 1.29 is 9.53 Å². The summed E-state index contributed by atoms with van der Waals surface area (Å²) in [7, 11) is 0. The van der Waals surface area contributed by atoms with Crippen molar-refractivity contribution in [3.63, 3.8) is 0 Å². The summed E-state index contributed by atoms with van der Waals surface area (Å²) in [5.41, 5.74) is 2.52. The molecule has 1 fully saturated rings. The van der Waals surface area contributed by atoms with Crippen LogP contribution in [-0.2, 0) is 16.0 Å². The third-order valence-corrected chi connectivity index (χ3v) is 4.56. The monoisotopic (exact) mass is 326 g/mol. The molecule has 0 saturated carbocycles. The van der Waals surface area contributed by atoms with Crippen LogP contribution >= 0.6 is 0 Å².